The van der Waals surface area contributed by atoms with Crippen molar-refractivity contribution >= 4 is 15.9 Å². The fourth-order valence-electron chi connectivity index (χ4n) is 3.99. The molecule has 0 radical (unpaired) electrons. The minimum atomic E-state index is -3.79. The topological polar surface area (TPSA) is 104 Å². The summed E-state index contributed by atoms with van der Waals surface area (Å²) in [5.41, 5.74) is 3.53. The third-order valence-electron chi connectivity index (χ3n) is 5.70. The molecular formula is C22H21FN4O4S. The van der Waals surface area contributed by atoms with Crippen LogP contribution >= 0.6 is 0 Å². The van der Waals surface area contributed by atoms with Gasteiger partial charge in [0, 0.05) is 54.8 Å². The van der Waals surface area contributed by atoms with Gasteiger partial charge in [-0.15, -0.1) is 0 Å². The number of sulfonamides is 1. The molecule has 0 aliphatic carbocycles. The molecule has 1 fully saturated rings. The van der Waals surface area contributed by atoms with Crippen molar-refractivity contribution in [1.29, 1.82) is 0 Å². The number of halogens is 1. The molecular weight excluding hydrogens is 435 g/mol. The number of morpholine rings is 1. The number of pyridine rings is 1. The van der Waals surface area contributed by atoms with Gasteiger partial charge in [0.1, 0.15) is 5.82 Å². The van der Waals surface area contributed by atoms with Gasteiger partial charge in [-0.05, 0) is 36.4 Å². The molecule has 0 spiro atoms. The first-order valence-corrected chi connectivity index (χ1v) is 11.7. The Morgan fingerprint density at radius 3 is 2.62 bits per heavy atom. The number of rotatable bonds is 4. The zero-order chi connectivity index (χ0) is 22.3. The van der Waals surface area contributed by atoms with E-state index in [1.54, 1.807) is 24.4 Å². The lowest BCUT2D eigenvalue weighted by Gasteiger charge is -2.26. The standard InChI is InChI=1S/C22H21FN4O4S/c23-18-12-15(32(29,30)27-7-9-31-10-8-27)1-2-16(18)21-11-14(3-5-24-21)20-13-17-19(26-20)4-6-25-22(17)28/h1-3,5,11-13,26H,4,6-10H2,(H,25,28). The van der Waals surface area contributed by atoms with Crippen molar-refractivity contribution in [2.45, 2.75) is 11.3 Å². The van der Waals surface area contributed by atoms with E-state index >= 15 is 0 Å². The lowest BCUT2D eigenvalue weighted by atomic mass is 10.1. The van der Waals surface area contributed by atoms with E-state index in [2.05, 4.69) is 15.3 Å². The van der Waals surface area contributed by atoms with Crippen LogP contribution in [0.4, 0.5) is 4.39 Å². The van der Waals surface area contributed by atoms with Gasteiger partial charge in [-0.25, -0.2) is 12.8 Å². The minimum absolute atomic E-state index is 0.0974. The molecule has 1 amide bonds. The summed E-state index contributed by atoms with van der Waals surface area (Å²) in [6.07, 6.45) is 2.27. The quantitative estimate of drug-likeness (QED) is 0.626. The highest BCUT2D eigenvalue weighted by atomic mass is 32.2. The molecule has 1 aromatic carbocycles. The molecule has 4 heterocycles. The van der Waals surface area contributed by atoms with Crippen LogP contribution in [0, 0.1) is 5.82 Å². The molecule has 166 valence electrons. The summed E-state index contributed by atoms with van der Waals surface area (Å²) in [5, 5.41) is 2.81. The fraction of sp³-hybridized carbons (Fsp3) is 0.273. The lowest BCUT2D eigenvalue weighted by Crippen LogP contribution is -2.40. The molecule has 2 aromatic heterocycles. The highest BCUT2D eigenvalue weighted by Gasteiger charge is 2.27. The number of H-pyrrole nitrogens is 1. The normalized spacial score (nSPS) is 17.1. The van der Waals surface area contributed by atoms with Gasteiger partial charge in [0.15, 0.2) is 0 Å². The Hall–Kier alpha value is -3.08. The summed E-state index contributed by atoms with van der Waals surface area (Å²) in [4.78, 5) is 19.5. The van der Waals surface area contributed by atoms with E-state index in [1.807, 2.05) is 0 Å². The zero-order valence-corrected chi connectivity index (χ0v) is 17.9. The Kier molecular flexibility index (Phi) is 5.28. The average molecular weight is 456 g/mol. The summed E-state index contributed by atoms with van der Waals surface area (Å²) in [7, 11) is -3.79. The molecule has 3 aromatic rings. The van der Waals surface area contributed by atoms with Crippen LogP contribution in [0.3, 0.4) is 0 Å². The van der Waals surface area contributed by atoms with Gasteiger partial charge in [0.2, 0.25) is 10.0 Å². The summed E-state index contributed by atoms with van der Waals surface area (Å²) >= 11 is 0. The van der Waals surface area contributed by atoms with Crippen LogP contribution in [-0.2, 0) is 21.2 Å². The van der Waals surface area contributed by atoms with E-state index in [-0.39, 0.29) is 29.5 Å². The Morgan fingerprint density at radius 1 is 1.06 bits per heavy atom. The number of amides is 1. The number of fused-ring (bicyclic) bond motifs is 1. The van der Waals surface area contributed by atoms with Crippen LogP contribution in [-0.4, -0.2) is 61.4 Å². The SMILES string of the molecule is O=C1NCCc2[nH]c(-c3ccnc(-c4ccc(S(=O)(=O)N5CCOCC5)cc4F)c3)cc21. The predicted octanol–water partition coefficient (Wildman–Crippen LogP) is 2.19. The Morgan fingerprint density at radius 2 is 1.88 bits per heavy atom. The molecule has 0 unspecified atom stereocenters. The lowest BCUT2D eigenvalue weighted by molar-refractivity contribution is 0.0730. The number of aromatic nitrogens is 2. The molecule has 0 saturated carbocycles. The van der Waals surface area contributed by atoms with Crippen LogP contribution in [0.5, 0.6) is 0 Å². The highest BCUT2D eigenvalue weighted by molar-refractivity contribution is 7.89. The van der Waals surface area contributed by atoms with Crippen LogP contribution < -0.4 is 5.32 Å². The largest absolute Gasteiger partial charge is 0.379 e. The third-order valence-corrected chi connectivity index (χ3v) is 7.59. The Balaban J connectivity index is 1.46. The van der Waals surface area contributed by atoms with E-state index in [4.69, 9.17) is 4.74 Å². The van der Waals surface area contributed by atoms with Crippen molar-refractivity contribution in [2.24, 2.45) is 0 Å². The summed E-state index contributed by atoms with van der Waals surface area (Å²) < 4.78 is 47.1. The molecule has 32 heavy (non-hydrogen) atoms. The maximum absolute atomic E-state index is 15.0. The predicted molar refractivity (Wildman–Crippen MR) is 115 cm³/mol. The summed E-state index contributed by atoms with van der Waals surface area (Å²) in [6.45, 7) is 1.71. The van der Waals surface area contributed by atoms with E-state index in [0.717, 1.165) is 23.0 Å². The number of nitrogens with zero attached hydrogens (tertiary/aromatic N) is 2. The summed E-state index contributed by atoms with van der Waals surface area (Å²) in [6, 6.07) is 9.12. The van der Waals surface area contributed by atoms with Crippen LogP contribution in [0.15, 0.2) is 47.5 Å². The van der Waals surface area contributed by atoms with Gasteiger partial charge in [0.05, 0.1) is 29.4 Å². The Bertz CT molecular complexity index is 1300. The second-order valence-corrected chi connectivity index (χ2v) is 9.61. The second kappa shape index (κ2) is 8.12. The number of ether oxygens (including phenoxy) is 1. The minimum Gasteiger partial charge on any atom is -0.379 e. The smallest absolute Gasteiger partial charge is 0.253 e. The maximum Gasteiger partial charge on any atom is 0.253 e. The fourth-order valence-corrected chi connectivity index (χ4v) is 5.41. The monoisotopic (exact) mass is 456 g/mol. The maximum atomic E-state index is 15.0. The molecule has 2 aliphatic rings. The summed E-state index contributed by atoms with van der Waals surface area (Å²) in [5.74, 6) is -0.791. The van der Waals surface area contributed by atoms with Crippen molar-refractivity contribution < 1.29 is 22.3 Å². The van der Waals surface area contributed by atoms with E-state index in [1.165, 1.54) is 16.4 Å². The zero-order valence-electron chi connectivity index (χ0n) is 17.1. The molecule has 10 heteroatoms. The molecule has 2 N–H and O–H groups in total. The average Bonchev–Trinajstić information content (AvgIpc) is 3.26. The van der Waals surface area contributed by atoms with Gasteiger partial charge in [0.25, 0.3) is 5.91 Å². The van der Waals surface area contributed by atoms with Crippen molar-refractivity contribution in [3.8, 4) is 22.5 Å². The molecule has 2 aliphatic heterocycles. The number of benzene rings is 1. The first-order chi connectivity index (χ1) is 15.4. The Labute approximate surface area is 184 Å². The third kappa shape index (κ3) is 3.70. The molecule has 8 nitrogen and oxygen atoms in total. The number of aromatic amines is 1. The van der Waals surface area contributed by atoms with Gasteiger partial charge >= 0.3 is 0 Å². The van der Waals surface area contributed by atoms with Crippen molar-refractivity contribution in [1.82, 2.24) is 19.6 Å². The molecule has 0 bridgehead atoms. The van der Waals surface area contributed by atoms with Gasteiger partial charge in [-0.2, -0.15) is 4.31 Å². The van der Waals surface area contributed by atoms with Crippen molar-refractivity contribution in [3.63, 3.8) is 0 Å². The first kappa shape index (κ1) is 20.8. The highest BCUT2D eigenvalue weighted by Crippen LogP contribution is 2.30. The van der Waals surface area contributed by atoms with Gasteiger partial charge < -0.3 is 15.0 Å². The van der Waals surface area contributed by atoms with E-state index in [0.29, 0.717) is 37.4 Å². The molecule has 5 rings (SSSR count). The number of carbonyl (C=O) groups is 1. The van der Waals surface area contributed by atoms with Crippen LogP contribution in [0.2, 0.25) is 0 Å². The number of nitrogens with one attached hydrogen (secondary N) is 2. The second-order valence-electron chi connectivity index (χ2n) is 7.67. The number of hydrogen-bond acceptors (Lipinski definition) is 5. The van der Waals surface area contributed by atoms with Crippen LogP contribution in [0.1, 0.15) is 16.1 Å². The number of carbonyl (C=O) groups excluding carboxylic acids is 1. The molecule has 1 saturated heterocycles. The van der Waals surface area contributed by atoms with E-state index in [9.17, 15) is 17.6 Å². The van der Waals surface area contributed by atoms with Gasteiger partial charge in [-0.3, -0.25) is 9.78 Å². The van der Waals surface area contributed by atoms with Crippen molar-refractivity contribution in [2.75, 3.05) is 32.8 Å². The van der Waals surface area contributed by atoms with Crippen LogP contribution in [0.25, 0.3) is 22.5 Å². The first-order valence-electron chi connectivity index (χ1n) is 10.3. The number of hydrogen-bond donors (Lipinski definition) is 2. The van der Waals surface area contributed by atoms with Crippen molar-refractivity contribution in [3.05, 3.63) is 59.7 Å². The van der Waals surface area contributed by atoms with Gasteiger partial charge in [-0.1, -0.05) is 0 Å². The molecule has 0 atom stereocenters. The van der Waals surface area contributed by atoms with E-state index < -0.39 is 15.8 Å².